The molecule has 1 aromatic heterocycles. The number of rotatable bonds is 3. The maximum absolute atomic E-state index is 11.9. The second kappa shape index (κ2) is 6.37. The summed E-state index contributed by atoms with van der Waals surface area (Å²) in [6.45, 7) is 2.36. The van der Waals surface area contributed by atoms with Crippen molar-refractivity contribution in [3.05, 3.63) is 12.2 Å². The minimum absolute atomic E-state index is 0.0489. The molecular weight excluding hydrogens is 230 g/mol. The van der Waals surface area contributed by atoms with Gasteiger partial charge < -0.3 is 10.2 Å². The molecule has 0 bridgehead atoms. The normalized spacial score (nSPS) is 16.4. The van der Waals surface area contributed by atoms with Gasteiger partial charge in [-0.3, -0.25) is 4.68 Å². The molecule has 2 rings (SSSR count). The fourth-order valence-electron chi connectivity index (χ4n) is 2.17. The maximum Gasteiger partial charge on any atom is 0.317 e. The van der Waals surface area contributed by atoms with E-state index in [4.69, 9.17) is 0 Å². The molecule has 6 heteroatoms. The monoisotopic (exact) mass is 251 g/mol. The summed E-state index contributed by atoms with van der Waals surface area (Å²) in [6, 6.07) is 0.0489. The predicted octanol–water partition coefficient (Wildman–Crippen LogP) is 0.943. The lowest BCUT2D eigenvalue weighted by Gasteiger charge is -2.20. The molecule has 0 spiro atoms. The number of carbonyl (C=O) groups is 1. The molecule has 1 N–H and O–H groups in total. The zero-order valence-electron chi connectivity index (χ0n) is 10.9. The molecule has 0 radical (unpaired) electrons. The van der Waals surface area contributed by atoms with Crippen LogP contribution in [-0.2, 0) is 13.5 Å². The van der Waals surface area contributed by atoms with E-state index in [-0.39, 0.29) is 6.03 Å². The molecule has 0 aliphatic carbocycles. The van der Waals surface area contributed by atoms with Crippen molar-refractivity contribution in [1.82, 2.24) is 25.0 Å². The first-order valence-electron chi connectivity index (χ1n) is 6.63. The van der Waals surface area contributed by atoms with Crippen LogP contribution in [0, 0.1) is 0 Å². The number of amides is 2. The van der Waals surface area contributed by atoms with Crippen molar-refractivity contribution < 1.29 is 4.79 Å². The van der Waals surface area contributed by atoms with E-state index in [0.717, 1.165) is 31.8 Å². The van der Waals surface area contributed by atoms with Gasteiger partial charge in [-0.15, -0.1) is 0 Å². The van der Waals surface area contributed by atoms with Gasteiger partial charge in [0.05, 0.1) is 0 Å². The molecular formula is C12H21N5O. The number of aromatic nitrogens is 3. The predicted molar refractivity (Wildman–Crippen MR) is 68.1 cm³/mol. The molecule has 1 saturated heterocycles. The average Bonchev–Trinajstić information content (AvgIpc) is 2.63. The minimum atomic E-state index is 0.0489. The van der Waals surface area contributed by atoms with Crippen LogP contribution >= 0.6 is 0 Å². The number of nitrogens with one attached hydrogen (secondary N) is 1. The van der Waals surface area contributed by atoms with Gasteiger partial charge in [-0.1, -0.05) is 12.8 Å². The van der Waals surface area contributed by atoms with Gasteiger partial charge in [-0.2, -0.15) is 5.10 Å². The highest BCUT2D eigenvalue weighted by molar-refractivity contribution is 5.74. The van der Waals surface area contributed by atoms with Gasteiger partial charge in [0.15, 0.2) is 5.82 Å². The van der Waals surface area contributed by atoms with E-state index in [1.807, 2.05) is 11.9 Å². The van der Waals surface area contributed by atoms with Gasteiger partial charge >= 0.3 is 6.03 Å². The van der Waals surface area contributed by atoms with E-state index in [1.165, 1.54) is 12.8 Å². The highest BCUT2D eigenvalue weighted by Crippen LogP contribution is 2.09. The van der Waals surface area contributed by atoms with E-state index in [0.29, 0.717) is 13.0 Å². The number of likely N-dealkylation sites (tertiary alicyclic amines) is 1. The smallest absolute Gasteiger partial charge is 0.317 e. The third kappa shape index (κ3) is 3.72. The van der Waals surface area contributed by atoms with E-state index in [2.05, 4.69) is 15.4 Å². The third-order valence-corrected chi connectivity index (χ3v) is 3.17. The van der Waals surface area contributed by atoms with Crippen LogP contribution < -0.4 is 5.32 Å². The lowest BCUT2D eigenvalue weighted by atomic mass is 10.2. The first kappa shape index (κ1) is 12.9. The van der Waals surface area contributed by atoms with Crippen molar-refractivity contribution >= 4 is 6.03 Å². The van der Waals surface area contributed by atoms with Gasteiger partial charge in [-0.05, 0) is 12.8 Å². The van der Waals surface area contributed by atoms with Crippen LogP contribution in [0.25, 0.3) is 0 Å². The van der Waals surface area contributed by atoms with Gasteiger partial charge in [-0.25, -0.2) is 9.78 Å². The first-order chi connectivity index (χ1) is 8.75. The Morgan fingerprint density at radius 1 is 1.33 bits per heavy atom. The van der Waals surface area contributed by atoms with Crippen LogP contribution in [0.5, 0.6) is 0 Å². The number of nitrogens with zero attached hydrogens (tertiary/aromatic N) is 4. The summed E-state index contributed by atoms with van der Waals surface area (Å²) < 4.78 is 1.67. The molecule has 0 unspecified atom stereocenters. The maximum atomic E-state index is 11.9. The molecule has 18 heavy (non-hydrogen) atoms. The van der Waals surface area contributed by atoms with Crippen LogP contribution in [0.2, 0.25) is 0 Å². The van der Waals surface area contributed by atoms with E-state index in [9.17, 15) is 4.79 Å². The average molecular weight is 251 g/mol. The summed E-state index contributed by atoms with van der Waals surface area (Å²) in [6.07, 6.45) is 7.07. The molecule has 2 heterocycles. The van der Waals surface area contributed by atoms with Crippen LogP contribution in [0.1, 0.15) is 31.5 Å². The highest BCUT2D eigenvalue weighted by Gasteiger charge is 2.14. The summed E-state index contributed by atoms with van der Waals surface area (Å²) in [4.78, 5) is 18.0. The van der Waals surface area contributed by atoms with Crippen LogP contribution in [0.3, 0.4) is 0 Å². The second-order valence-electron chi connectivity index (χ2n) is 4.72. The topological polar surface area (TPSA) is 63.1 Å². The summed E-state index contributed by atoms with van der Waals surface area (Å²) in [5.74, 6) is 0.772. The molecule has 1 fully saturated rings. The summed E-state index contributed by atoms with van der Waals surface area (Å²) >= 11 is 0. The van der Waals surface area contributed by atoms with Gasteiger partial charge in [0.1, 0.15) is 6.33 Å². The third-order valence-electron chi connectivity index (χ3n) is 3.17. The highest BCUT2D eigenvalue weighted by atomic mass is 16.2. The molecule has 1 aromatic rings. The molecule has 1 aliphatic rings. The van der Waals surface area contributed by atoms with Crippen molar-refractivity contribution in [2.24, 2.45) is 7.05 Å². The summed E-state index contributed by atoms with van der Waals surface area (Å²) in [5.41, 5.74) is 0. The van der Waals surface area contributed by atoms with Gasteiger partial charge in [0.25, 0.3) is 0 Å². The molecule has 6 nitrogen and oxygen atoms in total. The fraction of sp³-hybridized carbons (Fsp3) is 0.750. The standard InChI is InChI=1S/C12H21N5O/c1-16-10-14-11(15-16)6-7-13-12(18)17-8-4-2-3-5-9-17/h10H,2-9H2,1H3,(H,13,18). The van der Waals surface area contributed by atoms with Crippen molar-refractivity contribution in [2.75, 3.05) is 19.6 Å². The molecule has 2 amide bonds. The Balaban J connectivity index is 1.70. The van der Waals surface area contributed by atoms with Crippen molar-refractivity contribution in [1.29, 1.82) is 0 Å². The SMILES string of the molecule is Cn1cnc(CCNC(=O)N2CCCCCC2)n1. The summed E-state index contributed by atoms with van der Waals surface area (Å²) in [5, 5.41) is 7.11. The second-order valence-corrected chi connectivity index (χ2v) is 4.72. The number of hydrogen-bond acceptors (Lipinski definition) is 3. The van der Waals surface area contributed by atoms with Crippen molar-refractivity contribution in [3.8, 4) is 0 Å². The number of carbonyl (C=O) groups excluding carboxylic acids is 1. The Kier molecular flexibility index (Phi) is 4.55. The number of aryl methyl sites for hydroxylation is 1. The quantitative estimate of drug-likeness (QED) is 0.869. The minimum Gasteiger partial charge on any atom is -0.338 e. The van der Waals surface area contributed by atoms with Crippen molar-refractivity contribution in [2.45, 2.75) is 32.1 Å². The zero-order valence-corrected chi connectivity index (χ0v) is 10.9. The molecule has 0 atom stereocenters. The number of urea groups is 1. The lowest BCUT2D eigenvalue weighted by Crippen LogP contribution is -2.41. The van der Waals surface area contributed by atoms with E-state index >= 15 is 0 Å². The molecule has 0 aromatic carbocycles. The zero-order chi connectivity index (χ0) is 12.8. The fourth-order valence-corrected chi connectivity index (χ4v) is 2.17. The van der Waals surface area contributed by atoms with Crippen molar-refractivity contribution in [3.63, 3.8) is 0 Å². The Morgan fingerprint density at radius 2 is 2.06 bits per heavy atom. The molecule has 100 valence electrons. The summed E-state index contributed by atoms with van der Waals surface area (Å²) in [7, 11) is 1.84. The number of hydrogen-bond donors (Lipinski definition) is 1. The Bertz CT molecular complexity index is 382. The van der Waals surface area contributed by atoms with Gasteiger partial charge in [0, 0.05) is 33.1 Å². The lowest BCUT2D eigenvalue weighted by molar-refractivity contribution is 0.200. The largest absolute Gasteiger partial charge is 0.338 e. The van der Waals surface area contributed by atoms with Crippen LogP contribution in [-0.4, -0.2) is 45.3 Å². The Labute approximate surface area is 107 Å². The Hall–Kier alpha value is -1.59. The molecule has 1 aliphatic heterocycles. The molecule has 0 saturated carbocycles. The van der Waals surface area contributed by atoms with Gasteiger partial charge in [0.2, 0.25) is 0 Å². The van der Waals surface area contributed by atoms with Crippen LogP contribution in [0.4, 0.5) is 4.79 Å². The van der Waals surface area contributed by atoms with E-state index < -0.39 is 0 Å². The first-order valence-corrected chi connectivity index (χ1v) is 6.63. The van der Waals surface area contributed by atoms with E-state index in [1.54, 1.807) is 11.0 Å². The Morgan fingerprint density at radius 3 is 2.67 bits per heavy atom. The van der Waals surface area contributed by atoms with Crippen LogP contribution in [0.15, 0.2) is 6.33 Å².